The van der Waals surface area contributed by atoms with Crippen molar-refractivity contribution in [1.82, 2.24) is 0 Å². The van der Waals surface area contributed by atoms with E-state index in [1.54, 1.807) is 12.1 Å². The van der Waals surface area contributed by atoms with E-state index >= 15 is 0 Å². The molecule has 0 heterocycles. The molecule has 2 aliphatic rings. The zero-order chi connectivity index (χ0) is 35.5. The van der Waals surface area contributed by atoms with E-state index in [9.17, 15) is 15.0 Å². The van der Waals surface area contributed by atoms with E-state index in [2.05, 4.69) is 112 Å². The van der Waals surface area contributed by atoms with E-state index in [1.807, 2.05) is 55.5 Å². The normalized spacial score (nSPS) is 17.7. The molecule has 0 saturated carbocycles. The van der Waals surface area contributed by atoms with Gasteiger partial charge in [0.05, 0.1) is 11.5 Å². The molecule has 50 heavy (non-hydrogen) atoms. The van der Waals surface area contributed by atoms with Crippen molar-refractivity contribution in [3.8, 4) is 5.75 Å². The Morgan fingerprint density at radius 2 is 1.30 bits per heavy atom. The second-order valence-corrected chi connectivity index (χ2v) is 15.1. The Morgan fingerprint density at radius 3 is 1.92 bits per heavy atom. The molecule has 0 unspecified atom stereocenters. The maximum Gasteiger partial charge on any atom is 0.213 e. The maximum atomic E-state index is 13.8. The molecule has 0 aromatic heterocycles. The molecule has 5 nitrogen and oxygen atoms in total. The standard InChI is InChI=1S/C45H42N2O3/c1-28-41(35-24-22-31(26-39(35)48)46(44(2,3)4)37-20-12-16-29-14-8-10-18-33(29)37)43(50)42(28)36-25-23-32(27-40(36)49)47(45(5,6)7)38-21-13-17-30-15-9-11-19-34(30)38/h8-27H,1-7H3,(H,48,49)/p+1. The van der Waals surface area contributed by atoms with Crippen LogP contribution in [0.5, 0.6) is 5.75 Å². The van der Waals surface area contributed by atoms with Gasteiger partial charge < -0.3 is 15.1 Å². The summed E-state index contributed by atoms with van der Waals surface area (Å²) in [6.07, 6.45) is 5.54. The van der Waals surface area contributed by atoms with Gasteiger partial charge in [0, 0.05) is 83.6 Å². The first kappa shape index (κ1) is 32.8. The number of carbonyl (C=O) groups excluding carboxylic acids is 1. The second kappa shape index (κ2) is 12.0. The van der Waals surface area contributed by atoms with Crippen LogP contribution in [0.25, 0.3) is 27.1 Å². The molecule has 5 aromatic rings. The molecular formula is C45H43N2O3+. The number of hydrogen-bond acceptors (Lipinski definition) is 4. The Labute approximate surface area is 294 Å². The molecule has 7 rings (SSSR count). The molecule has 0 spiro atoms. The van der Waals surface area contributed by atoms with E-state index in [0.29, 0.717) is 22.3 Å². The number of ketones is 1. The fourth-order valence-electron chi connectivity index (χ4n) is 7.50. The second-order valence-electron chi connectivity index (χ2n) is 15.1. The predicted molar refractivity (Wildman–Crippen MR) is 207 cm³/mol. The number of phenolic OH excluding ortho intramolecular Hbond substituents is 1. The first-order valence-corrected chi connectivity index (χ1v) is 17.1. The third-order valence-electron chi connectivity index (χ3n) is 9.58. The van der Waals surface area contributed by atoms with Gasteiger partial charge in [-0.1, -0.05) is 66.7 Å². The summed E-state index contributed by atoms with van der Waals surface area (Å²) in [5.41, 5.74) is 5.76. The van der Waals surface area contributed by atoms with Crippen molar-refractivity contribution >= 4 is 55.7 Å². The number of benzene rings is 5. The zero-order valence-corrected chi connectivity index (χ0v) is 29.7. The SMILES string of the molecule is CC1=C(c2ccc(N(c3cccc4ccccc34)C(C)(C)C)cc2O)C(=O)/C1=C1\C=CC(=[N+](c2cccc3ccccc23)C(C)(C)C)C=C1O. The predicted octanol–water partition coefficient (Wildman–Crippen LogP) is 10.9. The van der Waals surface area contributed by atoms with Crippen LogP contribution >= 0.6 is 0 Å². The molecule has 5 heteroatoms. The van der Waals surface area contributed by atoms with E-state index in [-0.39, 0.29) is 28.4 Å². The number of nitrogens with zero attached hydrogens (tertiary/aromatic N) is 2. The number of carbonyl (C=O) groups is 1. The van der Waals surface area contributed by atoms with E-state index in [1.165, 1.54) is 0 Å². The van der Waals surface area contributed by atoms with Crippen molar-refractivity contribution in [3.63, 3.8) is 0 Å². The molecule has 2 N–H and O–H groups in total. The molecule has 0 radical (unpaired) electrons. The van der Waals surface area contributed by atoms with Crippen molar-refractivity contribution in [3.05, 3.63) is 149 Å². The third kappa shape index (κ3) is 5.53. The Hall–Kier alpha value is -5.68. The summed E-state index contributed by atoms with van der Waals surface area (Å²) < 4.78 is 2.22. The largest absolute Gasteiger partial charge is 0.507 e. The van der Waals surface area contributed by atoms with Gasteiger partial charge in [0.25, 0.3) is 0 Å². The highest BCUT2D eigenvalue weighted by atomic mass is 16.3. The quantitative estimate of drug-likeness (QED) is 0.149. The van der Waals surface area contributed by atoms with Crippen molar-refractivity contribution in [2.75, 3.05) is 4.90 Å². The third-order valence-corrected chi connectivity index (χ3v) is 9.58. The number of anilines is 2. The number of fused-ring (bicyclic) bond motifs is 2. The summed E-state index contributed by atoms with van der Waals surface area (Å²) in [7, 11) is 0. The van der Waals surface area contributed by atoms with Gasteiger partial charge in [-0.05, 0) is 74.4 Å². The average molecular weight is 660 g/mol. The Bertz CT molecular complexity index is 2380. The van der Waals surface area contributed by atoms with Gasteiger partial charge in [0.2, 0.25) is 11.4 Å². The smallest absolute Gasteiger partial charge is 0.213 e. The van der Waals surface area contributed by atoms with Gasteiger partial charge in [-0.25, -0.2) is 0 Å². The van der Waals surface area contributed by atoms with Crippen LogP contribution in [0.15, 0.2) is 144 Å². The van der Waals surface area contributed by atoms with Crippen LogP contribution in [-0.4, -0.2) is 37.4 Å². The molecule has 0 fully saturated rings. The van der Waals surface area contributed by atoms with Gasteiger partial charge in [0.15, 0.2) is 11.3 Å². The topological polar surface area (TPSA) is 63.8 Å². The van der Waals surface area contributed by atoms with Crippen LogP contribution in [0, 0.1) is 0 Å². The lowest BCUT2D eigenvalue weighted by molar-refractivity contribution is -0.517. The molecule has 0 amide bonds. The minimum Gasteiger partial charge on any atom is -0.507 e. The summed E-state index contributed by atoms with van der Waals surface area (Å²) in [5, 5.41) is 27.4. The lowest BCUT2D eigenvalue weighted by atomic mass is 9.75. The lowest BCUT2D eigenvalue weighted by Gasteiger charge is -2.39. The van der Waals surface area contributed by atoms with Crippen molar-refractivity contribution in [2.45, 2.75) is 59.5 Å². The molecule has 0 aliphatic heterocycles. The van der Waals surface area contributed by atoms with Gasteiger partial charge in [0.1, 0.15) is 11.5 Å². The maximum absolute atomic E-state index is 13.8. The number of Topliss-reactive ketones (excluding diaryl/α,β-unsaturated/α-hetero) is 1. The summed E-state index contributed by atoms with van der Waals surface area (Å²) in [5.74, 6) is -0.125. The molecule has 250 valence electrons. The van der Waals surface area contributed by atoms with Crippen molar-refractivity contribution < 1.29 is 19.6 Å². The highest BCUT2D eigenvalue weighted by molar-refractivity contribution is 6.40. The van der Waals surface area contributed by atoms with Gasteiger partial charge >= 0.3 is 0 Å². The zero-order valence-electron chi connectivity index (χ0n) is 29.7. The monoisotopic (exact) mass is 659 g/mol. The summed E-state index contributed by atoms with van der Waals surface area (Å²) in [4.78, 5) is 16.1. The molecule has 0 bridgehead atoms. The average Bonchev–Trinajstić information content (AvgIpc) is 3.06. The lowest BCUT2D eigenvalue weighted by Crippen LogP contribution is -2.37. The minimum atomic E-state index is -0.305. The number of aliphatic hydroxyl groups excluding tert-OH is 1. The summed E-state index contributed by atoms with van der Waals surface area (Å²) in [6.45, 7) is 14.7. The first-order chi connectivity index (χ1) is 23.8. The highest BCUT2D eigenvalue weighted by Crippen LogP contribution is 2.46. The van der Waals surface area contributed by atoms with Gasteiger partial charge in [-0.2, -0.15) is 4.58 Å². The minimum absolute atomic E-state index is 0.0363. The molecular weight excluding hydrogens is 617 g/mol. The number of aromatic hydroxyl groups is 1. The van der Waals surface area contributed by atoms with Crippen LogP contribution in [0.1, 0.15) is 54.0 Å². The van der Waals surface area contributed by atoms with E-state index in [4.69, 9.17) is 0 Å². The fraction of sp³-hybridized carbons (Fsp3) is 0.200. The van der Waals surface area contributed by atoms with Crippen LogP contribution in [-0.2, 0) is 4.79 Å². The van der Waals surface area contributed by atoms with Crippen molar-refractivity contribution in [1.29, 1.82) is 0 Å². The van der Waals surface area contributed by atoms with Crippen LogP contribution in [0.2, 0.25) is 0 Å². The fourth-order valence-corrected chi connectivity index (χ4v) is 7.50. The first-order valence-electron chi connectivity index (χ1n) is 17.1. The van der Waals surface area contributed by atoms with Crippen LogP contribution in [0.4, 0.5) is 17.1 Å². The number of hydrogen-bond donors (Lipinski definition) is 2. The Morgan fingerprint density at radius 1 is 0.680 bits per heavy atom. The Kier molecular flexibility index (Phi) is 7.90. The molecule has 5 aromatic carbocycles. The van der Waals surface area contributed by atoms with Crippen LogP contribution < -0.4 is 4.90 Å². The summed E-state index contributed by atoms with van der Waals surface area (Å²) in [6, 6.07) is 34.6. The Balaban J connectivity index is 1.27. The number of phenols is 1. The molecule has 0 saturated heterocycles. The highest BCUT2D eigenvalue weighted by Gasteiger charge is 2.38. The number of allylic oxidation sites excluding steroid dienone is 6. The molecule has 2 aliphatic carbocycles. The number of aliphatic hydroxyl groups is 1. The molecule has 0 atom stereocenters. The van der Waals surface area contributed by atoms with Gasteiger partial charge in [-0.15, -0.1) is 0 Å². The summed E-state index contributed by atoms with van der Waals surface area (Å²) >= 11 is 0. The van der Waals surface area contributed by atoms with Crippen molar-refractivity contribution in [2.24, 2.45) is 0 Å². The number of rotatable bonds is 4. The van der Waals surface area contributed by atoms with Crippen LogP contribution in [0.3, 0.4) is 0 Å². The van der Waals surface area contributed by atoms with Gasteiger partial charge in [-0.3, -0.25) is 4.79 Å². The van der Waals surface area contributed by atoms with E-state index in [0.717, 1.165) is 49.9 Å². The van der Waals surface area contributed by atoms with E-state index < -0.39 is 0 Å².